The topological polar surface area (TPSA) is 101 Å². The van der Waals surface area contributed by atoms with Crippen molar-refractivity contribution in [1.82, 2.24) is 9.97 Å². The Kier molecular flexibility index (Phi) is 3.61. The van der Waals surface area contributed by atoms with Gasteiger partial charge in [-0.05, 0) is 35.0 Å². The van der Waals surface area contributed by atoms with Gasteiger partial charge in [-0.1, -0.05) is 0 Å². The van der Waals surface area contributed by atoms with Crippen molar-refractivity contribution in [3.05, 3.63) is 50.5 Å². The summed E-state index contributed by atoms with van der Waals surface area (Å²) in [7, 11) is 0. The van der Waals surface area contributed by atoms with Crippen LogP contribution in [0.1, 0.15) is 16.2 Å². The van der Waals surface area contributed by atoms with Gasteiger partial charge in [0.25, 0.3) is 11.6 Å². The normalized spacial score (nSPS) is 10.2. The van der Waals surface area contributed by atoms with Crippen molar-refractivity contribution in [1.29, 1.82) is 0 Å². The number of carbonyl (C=O) groups excluding carboxylic acids is 1. The lowest BCUT2D eigenvalue weighted by molar-refractivity contribution is -0.384. The maximum Gasteiger partial charge on any atom is 0.287 e. The highest BCUT2D eigenvalue weighted by molar-refractivity contribution is 9.10. The smallest absolute Gasteiger partial charge is 0.287 e. The first-order valence-electron chi connectivity index (χ1n) is 5.24. The van der Waals surface area contributed by atoms with Gasteiger partial charge < -0.3 is 10.3 Å². The SMILES string of the molecule is Cc1nc(Br)ccc1NC(=O)c1cc([N+](=O)[O-])c[nH]1. The number of carbonyl (C=O) groups is 1. The molecule has 0 bridgehead atoms. The van der Waals surface area contributed by atoms with Gasteiger partial charge in [0, 0.05) is 6.07 Å². The van der Waals surface area contributed by atoms with Crippen molar-refractivity contribution >= 4 is 33.2 Å². The fourth-order valence-electron chi connectivity index (χ4n) is 1.47. The summed E-state index contributed by atoms with van der Waals surface area (Å²) in [4.78, 5) is 28.5. The molecule has 2 rings (SSSR count). The molecule has 0 aliphatic carbocycles. The molecule has 0 saturated heterocycles. The quantitative estimate of drug-likeness (QED) is 0.514. The molecule has 7 nitrogen and oxygen atoms in total. The Hall–Kier alpha value is -2.22. The van der Waals surface area contributed by atoms with Gasteiger partial charge in [0.15, 0.2) is 0 Å². The van der Waals surface area contributed by atoms with E-state index in [9.17, 15) is 14.9 Å². The molecule has 2 aromatic heterocycles. The van der Waals surface area contributed by atoms with Crippen LogP contribution in [0.4, 0.5) is 11.4 Å². The number of halogens is 1. The van der Waals surface area contributed by atoms with Crippen LogP contribution in [0.5, 0.6) is 0 Å². The molecule has 8 heteroatoms. The van der Waals surface area contributed by atoms with E-state index in [0.717, 1.165) is 0 Å². The standard InChI is InChI=1S/C11H9BrN4O3/c1-6-8(2-3-10(12)14-6)15-11(17)9-4-7(5-13-9)16(18)19/h2-5,13H,1H3,(H,15,17). The number of H-pyrrole nitrogens is 1. The molecule has 0 aromatic carbocycles. The monoisotopic (exact) mass is 324 g/mol. The number of hydrogen-bond donors (Lipinski definition) is 2. The number of nitro groups is 1. The van der Waals surface area contributed by atoms with E-state index < -0.39 is 10.8 Å². The van der Waals surface area contributed by atoms with Gasteiger partial charge in [0.1, 0.15) is 10.3 Å². The van der Waals surface area contributed by atoms with Crippen molar-refractivity contribution in [2.75, 3.05) is 5.32 Å². The van der Waals surface area contributed by atoms with Crippen molar-refractivity contribution in [2.24, 2.45) is 0 Å². The zero-order chi connectivity index (χ0) is 14.0. The minimum atomic E-state index is -0.570. The molecule has 0 atom stereocenters. The van der Waals surface area contributed by atoms with E-state index in [-0.39, 0.29) is 11.4 Å². The second kappa shape index (κ2) is 5.19. The molecule has 2 N–H and O–H groups in total. The lowest BCUT2D eigenvalue weighted by atomic mass is 10.3. The van der Waals surface area contributed by atoms with Crippen LogP contribution in [-0.4, -0.2) is 20.8 Å². The second-order valence-electron chi connectivity index (χ2n) is 3.75. The van der Waals surface area contributed by atoms with Crippen molar-refractivity contribution in [3.8, 4) is 0 Å². The van der Waals surface area contributed by atoms with Crippen molar-refractivity contribution in [3.63, 3.8) is 0 Å². The first-order chi connectivity index (χ1) is 8.97. The van der Waals surface area contributed by atoms with Crippen molar-refractivity contribution < 1.29 is 9.72 Å². The number of nitrogens with zero attached hydrogens (tertiary/aromatic N) is 2. The van der Waals surface area contributed by atoms with E-state index in [1.54, 1.807) is 19.1 Å². The molecule has 98 valence electrons. The molecule has 0 radical (unpaired) electrons. The molecule has 2 aromatic rings. The number of aromatic nitrogens is 2. The molecule has 0 aliphatic heterocycles. The maximum absolute atomic E-state index is 11.9. The number of aryl methyl sites for hydroxylation is 1. The largest absolute Gasteiger partial charge is 0.351 e. The first-order valence-corrected chi connectivity index (χ1v) is 6.04. The molecule has 0 unspecified atom stereocenters. The fraction of sp³-hybridized carbons (Fsp3) is 0.0909. The average molecular weight is 325 g/mol. The molecular weight excluding hydrogens is 316 g/mol. The Morgan fingerprint density at radius 2 is 2.26 bits per heavy atom. The average Bonchev–Trinajstić information content (AvgIpc) is 2.82. The zero-order valence-electron chi connectivity index (χ0n) is 9.81. The molecular formula is C11H9BrN4O3. The fourth-order valence-corrected chi connectivity index (χ4v) is 1.87. The Labute approximate surface area is 116 Å². The van der Waals surface area contributed by atoms with E-state index in [2.05, 4.69) is 31.2 Å². The van der Waals surface area contributed by atoms with Gasteiger partial charge >= 0.3 is 0 Å². The summed E-state index contributed by atoms with van der Waals surface area (Å²) in [6, 6.07) is 4.57. The highest BCUT2D eigenvalue weighted by Crippen LogP contribution is 2.18. The molecule has 19 heavy (non-hydrogen) atoms. The third-order valence-electron chi connectivity index (χ3n) is 2.42. The summed E-state index contributed by atoms with van der Waals surface area (Å²) in [5.41, 5.74) is 1.15. The summed E-state index contributed by atoms with van der Waals surface area (Å²) in [6.07, 6.45) is 1.17. The van der Waals surface area contributed by atoms with Crippen LogP contribution in [0.3, 0.4) is 0 Å². The summed E-state index contributed by atoms with van der Waals surface area (Å²) < 4.78 is 0.665. The lowest BCUT2D eigenvalue weighted by Crippen LogP contribution is -2.13. The van der Waals surface area contributed by atoms with Crippen LogP contribution >= 0.6 is 15.9 Å². The first kappa shape index (κ1) is 13.2. The van der Waals surface area contributed by atoms with Gasteiger partial charge in [0.2, 0.25) is 0 Å². The molecule has 1 amide bonds. The van der Waals surface area contributed by atoms with Crippen LogP contribution in [0.25, 0.3) is 0 Å². The van der Waals surface area contributed by atoms with E-state index in [1.807, 2.05) is 0 Å². The minimum absolute atomic E-state index is 0.119. The molecule has 2 heterocycles. The van der Waals surface area contributed by atoms with Gasteiger partial charge in [-0.3, -0.25) is 14.9 Å². The molecule has 0 aliphatic rings. The summed E-state index contributed by atoms with van der Waals surface area (Å²) >= 11 is 3.22. The third-order valence-corrected chi connectivity index (χ3v) is 2.86. The van der Waals surface area contributed by atoms with E-state index in [0.29, 0.717) is 16.0 Å². The minimum Gasteiger partial charge on any atom is -0.351 e. The Balaban J connectivity index is 2.18. The number of hydrogen-bond acceptors (Lipinski definition) is 4. The third kappa shape index (κ3) is 2.97. The van der Waals surface area contributed by atoms with Gasteiger partial charge in [-0.15, -0.1) is 0 Å². The lowest BCUT2D eigenvalue weighted by Gasteiger charge is -2.06. The van der Waals surface area contributed by atoms with E-state index in [1.165, 1.54) is 12.3 Å². The summed E-state index contributed by atoms with van der Waals surface area (Å²) in [5.74, 6) is -0.458. The number of nitrogens with one attached hydrogen (secondary N) is 2. The van der Waals surface area contributed by atoms with E-state index in [4.69, 9.17) is 0 Å². The molecule has 0 fully saturated rings. The number of rotatable bonds is 3. The van der Waals surface area contributed by atoms with Crippen LogP contribution in [0.2, 0.25) is 0 Å². The van der Waals surface area contributed by atoms with E-state index >= 15 is 0 Å². The van der Waals surface area contributed by atoms with Crippen LogP contribution in [-0.2, 0) is 0 Å². The van der Waals surface area contributed by atoms with Gasteiger partial charge in [-0.25, -0.2) is 4.98 Å². The van der Waals surface area contributed by atoms with Crippen molar-refractivity contribution in [2.45, 2.75) is 6.92 Å². The molecule has 0 saturated carbocycles. The predicted octanol–water partition coefficient (Wildman–Crippen LogP) is 2.64. The van der Waals surface area contributed by atoms with Crippen LogP contribution in [0.15, 0.2) is 29.0 Å². The zero-order valence-corrected chi connectivity index (χ0v) is 11.4. The number of aromatic amines is 1. The highest BCUT2D eigenvalue weighted by atomic mass is 79.9. The number of pyridine rings is 1. The Morgan fingerprint density at radius 1 is 1.53 bits per heavy atom. The maximum atomic E-state index is 11.9. The highest BCUT2D eigenvalue weighted by Gasteiger charge is 2.15. The molecule has 0 spiro atoms. The van der Waals surface area contributed by atoms with Crippen LogP contribution < -0.4 is 5.32 Å². The number of amides is 1. The predicted molar refractivity (Wildman–Crippen MR) is 72.1 cm³/mol. The Morgan fingerprint density at radius 3 is 2.84 bits per heavy atom. The summed E-state index contributed by atoms with van der Waals surface area (Å²) in [6.45, 7) is 1.75. The number of anilines is 1. The van der Waals surface area contributed by atoms with Gasteiger partial charge in [0.05, 0.1) is 22.5 Å². The summed E-state index contributed by atoms with van der Waals surface area (Å²) in [5, 5.41) is 13.2. The van der Waals surface area contributed by atoms with Gasteiger partial charge in [-0.2, -0.15) is 0 Å². The second-order valence-corrected chi connectivity index (χ2v) is 4.56. The Bertz CT molecular complexity index is 653. The van der Waals surface area contributed by atoms with Crippen LogP contribution in [0, 0.1) is 17.0 Å².